The smallest absolute Gasteiger partial charge is 0.323 e. The summed E-state index contributed by atoms with van der Waals surface area (Å²) >= 11 is 0. The lowest BCUT2D eigenvalue weighted by Gasteiger charge is -2.32. The van der Waals surface area contributed by atoms with Crippen LogP contribution in [0.15, 0.2) is 0 Å². The van der Waals surface area contributed by atoms with Crippen LogP contribution in [0.4, 0.5) is 0 Å². The highest BCUT2D eigenvalue weighted by Crippen LogP contribution is 2.36. The van der Waals surface area contributed by atoms with E-state index >= 15 is 0 Å². The molecule has 0 bridgehead atoms. The Hall–Kier alpha value is -1.63. The Labute approximate surface area is 179 Å². The van der Waals surface area contributed by atoms with Crippen molar-refractivity contribution in [1.29, 1.82) is 0 Å². The SMILES string of the molecule is CCOC(=O)[C@H](CCC1CCCCC1)N[C@H]1CC[C@@H]2CCC[C@H]2N(CC(=O)O)C1=O. The summed E-state index contributed by atoms with van der Waals surface area (Å²) < 4.78 is 5.30. The van der Waals surface area contributed by atoms with E-state index in [1.807, 2.05) is 0 Å². The predicted octanol–water partition coefficient (Wildman–Crippen LogP) is 3.11. The molecule has 2 saturated carbocycles. The van der Waals surface area contributed by atoms with Gasteiger partial charge >= 0.3 is 11.9 Å². The van der Waals surface area contributed by atoms with Gasteiger partial charge in [0.05, 0.1) is 12.6 Å². The van der Waals surface area contributed by atoms with E-state index < -0.39 is 18.1 Å². The van der Waals surface area contributed by atoms with E-state index in [9.17, 15) is 19.5 Å². The van der Waals surface area contributed by atoms with E-state index in [4.69, 9.17) is 4.74 Å². The Bertz CT molecular complexity index is 604. The van der Waals surface area contributed by atoms with E-state index in [1.54, 1.807) is 11.8 Å². The zero-order chi connectivity index (χ0) is 21.5. The molecule has 3 aliphatic rings. The van der Waals surface area contributed by atoms with Crippen molar-refractivity contribution in [2.75, 3.05) is 13.2 Å². The third-order valence-corrected chi connectivity index (χ3v) is 7.29. The molecule has 7 heteroatoms. The number of nitrogens with zero attached hydrogens (tertiary/aromatic N) is 1. The first kappa shape index (κ1) is 23.0. The Morgan fingerprint density at radius 1 is 1.10 bits per heavy atom. The molecule has 30 heavy (non-hydrogen) atoms. The molecule has 0 radical (unpaired) electrons. The van der Waals surface area contributed by atoms with Crippen molar-refractivity contribution in [3.05, 3.63) is 0 Å². The van der Waals surface area contributed by atoms with E-state index in [0.717, 1.165) is 32.1 Å². The van der Waals surface area contributed by atoms with Crippen LogP contribution in [0.3, 0.4) is 0 Å². The van der Waals surface area contributed by atoms with Crippen LogP contribution in [0.5, 0.6) is 0 Å². The Morgan fingerprint density at radius 2 is 1.87 bits per heavy atom. The van der Waals surface area contributed by atoms with Gasteiger partial charge in [0.2, 0.25) is 5.91 Å². The summed E-state index contributed by atoms with van der Waals surface area (Å²) in [7, 11) is 0. The number of carboxylic acids is 1. The highest BCUT2D eigenvalue weighted by molar-refractivity contribution is 5.87. The maximum atomic E-state index is 13.3. The monoisotopic (exact) mass is 422 g/mol. The number of hydrogen-bond acceptors (Lipinski definition) is 5. The lowest BCUT2D eigenvalue weighted by molar-refractivity contribution is -0.149. The number of hydrogen-bond donors (Lipinski definition) is 2. The molecule has 1 amide bonds. The maximum Gasteiger partial charge on any atom is 0.323 e. The van der Waals surface area contributed by atoms with E-state index in [0.29, 0.717) is 31.3 Å². The van der Waals surface area contributed by atoms with Gasteiger partial charge in [0.15, 0.2) is 0 Å². The van der Waals surface area contributed by atoms with Gasteiger partial charge in [0.25, 0.3) is 0 Å². The molecule has 170 valence electrons. The number of carboxylic acid groups (broad SMARTS) is 1. The van der Waals surface area contributed by atoms with E-state index in [2.05, 4.69) is 5.32 Å². The van der Waals surface area contributed by atoms with Gasteiger partial charge in [-0.3, -0.25) is 19.7 Å². The second kappa shape index (κ2) is 11.1. The maximum absolute atomic E-state index is 13.3. The Morgan fingerprint density at radius 3 is 2.57 bits per heavy atom. The van der Waals surface area contributed by atoms with Gasteiger partial charge < -0.3 is 14.7 Å². The highest BCUT2D eigenvalue weighted by atomic mass is 16.5. The molecule has 0 aromatic heterocycles. The number of rotatable bonds is 9. The number of carbonyl (C=O) groups is 3. The molecular formula is C23H38N2O5. The number of aliphatic carboxylic acids is 1. The van der Waals surface area contributed by atoms with Gasteiger partial charge in [-0.1, -0.05) is 38.5 Å². The third kappa shape index (κ3) is 5.96. The van der Waals surface area contributed by atoms with Crippen LogP contribution in [0.1, 0.15) is 84.0 Å². The van der Waals surface area contributed by atoms with Gasteiger partial charge in [-0.2, -0.15) is 0 Å². The van der Waals surface area contributed by atoms with Crippen LogP contribution in [-0.4, -0.2) is 59.1 Å². The molecule has 0 spiro atoms. The molecule has 1 heterocycles. The van der Waals surface area contributed by atoms with Crippen LogP contribution in [0, 0.1) is 11.8 Å². The zero-order valence-electron chi connectivity index (χ0n) is 18.3. The summed E-state index contributed by atoms with van der Waals surface area (Å²) in [5, 5.41) is 12.7. The lowest BCUT2D eigenvalue weighted by Crippen LogP contribution is -2.54. The van der Waals surface area contributed by atoms with Crippen molar-refractivity contribution in [3.63, 3.8) is 0 Å². The minimum Gasteiger partial charge on any atom is -0.480 e. The molecule has 0 aromatic rings. The quantitative estimate of drug-likeness (QED) is 0.554. The number of esters is 1. The summed E-state index contributed by atoms with van der Waals surface area (Å²) in [6, 6.07) is -1.01. The average molecular weight is 423 g/mol. The topological polar surface area (TPSA) is 95.9 Å². The highest BCUT2D eigenvalue weighted by Gasteiger charge is 2.42. The molecule has 1 aliphatic heterocycles. The first-order valence-corrected chi connectivity index (χ1v) is 11.9. The molecule has 4 atom stereocenters. The summed E-state index contributed by atoms with van der Waals surface area (Å²) in [4.78, 5) is 38.9. The normalized spacial score (nSPS) is 28.6. The summed E-state index contributed by atoms with van der Waals surface area (Å²) in [5.41, 5.74) is 0. The number of fused-ring (bicyclic) bond motifs is 1. The largest absolute Gasteiger partial charge is 0.480 e. The van der Waals surface area contributed by atoms with Crippen LogP contribution in [0.25, 0.3) is 0 Å². The van der Waals surface area contributed by atoms with Gasteiger partial charge in [-0.05, 0) is 57.3 Å². The van der Waals surface area contributed by atoms with Crippen molar-refractivity contribution in [1.82, 2.24) is 10.2 Å². The number of nitrogens with one attached hydrogen (secondary N) is 1. The van der Waals surface area contributed by atoms with E-state index in [1.165, 1.54) is 32.1 Å². The van der Waals surface area contributed by atoms with Gasteiger partial charge in [-0.25, -0.2) is 0 Å². The minimum absolute atomic E-state index is 0.0173. The summed E-state index contributed by atoms with van der Waals surface area (Å²) in [5.74, 6) is -0.434. The first-order chi connectivity index (χ1) is 14.5. The fourth-order valence-electron chi connectivity index (χ4n) is 5.76. The third-order valence-electron chi connectivity index (χ3n) is 7.29. The van der Waals surface area contributed by atoms with Crippen LogP contribution in [-0.2, 0) is 19.1 Å². The van der Waals surface area contributed by atoms with Gasteiger partial charge in [0.1, 0.15) is 12.6 Å². The molecule has 3 rings (SSSR count). The van der Waals surface area contributed by atoms with Crippen molar-refractivity contribution >= 4 is 17.8 Å². The molecule has 7 nitrogen and oxygen atoms in total. The first-order valence-electron chi connectivity index (χ1n) is 11.9. The number of likely N-dealkylation sites (tertiary alicyclic amines) is 1. The van der Waals surface area contributed by atoms with Crippen LogP contribution >= 0.6 is 0 Å². The minimum atomic E-state index is -0.978. The molecule has 3 fully saturated rings. The molecule has 2 aliphatic carbocycles. The molecule has 2 N–H and O–H groups in total. The van der Waals surface area contributed by atoms with Crippen molar-refractivity contribution in [2.24, 2.45) is 11.8 Å². The Kier molecular flexibility index (Phi) is 8.54. The Balaban J connectivity index is 1.68. The molecule has 0 unspecified atom stereocenters. The zero-order valence-corrected chi connectivity index (χ0v) is 18.3. The summed E-state index contributed by atoms with van der Waals surface area (Å²) in [6.07, 6.45) is 12.4. The second-order valence-corrected chi connectivity index (χ2v) is 9.30. The molecule has 1 saturated heterocycles. The van der Waals surface area contributed by atoms with Crippen molar-refractivity contribution in [2.45, 2.75) is 102 Å². The van der Waals surface area contributed by atoms with Crippen molar-refractivity contribution < 1.29 is 24.2 Å². The van der Waals surface area contributed by atoms with Gasteiger partial charge in [-0.15, -0.1) is 0 Å². The van der Waals surface area contributed by atoms with Crippen LogP contribution in [0.2, 0.25) is 0 Å². The van der Waals surface area contributed by atoms with E-state index in [-0.39, 0.29) is 24.5 Å². The fraction of sp³-hybridized carbons (Fsp3) is 0.870. The fourth-order valence-corrected chi connectivity index (χ4v) is 5.76. The predicted molar refractivity (Wildman–Crippen MR) is 113 cm³/mol. The standard InChI is InChI=1S/C23H38N2O5/c1-2-30-23(29)19(13-11-16-7-4-3-5-8-16)24-18-14-12-17-9-6-10-20(17)25(22(18)28)15-21(26)27/h16-20,24H,2-15H2,1H3,(H,26,27)/t17-,18-,19-,20+/m0/s1. The lowest BCUT2D eigenvalue weighted by atomic mass is 9.85. The van der Waals surface area contributed by atoms with Crippen LogP contribution < -0.4 is 5.32 Å². The number of carbonyl (C=O) groups excluding carboxylic acids is 2. The van der Waals surface area contributed by atoms with Gasteiger partial charge in [0, 0.05) is 6.04 Å². The molecule has 0 aromatic carbocycles. The average Bonchev–Trinajstić information content (AvgIpc) is 3.16. The summed E-state index contributed by atoms with van der Waals surface area (Å²) in [6.45, 7) is 1.85. The molecular weight excluding hydrogens is 384 g/mol. The number of ether oxygens (including phenoxy) is 1. The number of amides is 1. The second-order valence-electron chi connectivity index (χ2n) is 9.30. The van der Waals surface area contributed by atoms with Crippen molar-refractivity contribution in [3.8, 4) is 0 Å².